The molecule has 0 bridgehead atoms. The molecule has 4 saturated carbocycles. The highest BCUT2D eigenvalue weighted by atomic mass is 15.4. The SMILES string of the molecule is CCCCCCCCCCCCCCCCCC[N+](C)(CCCCCCCCCCCCCCCCCC)C1CCCC2CC[C@@H]3[C@H](CC[C@]4(C)[C@@H]([C@H](C)CCCC(C)C)CC[C@@H]34)[C@]21C. The largest absolute Gasteiger partial charge is 0.323 e. The molecule has 0 heterocycles. The van der Waals surface area contributed by atoms with Gasteiger partial charge in [-0.1, -0.05) is 248 Å². The molecule has 1 nitrogen and oxygen atoms in total. The molecule has 4 fully saturated rings. The van der Waals surface area contributed by atoms with Gasteiger partial charge in [0.25, 0.3) is 0 Å². The van der Waals surface area contributed by atoms with Gasteiger partial charge in [0.1, 0.15) is 0 Å². The molecular formula is C64H124N+. The quantitative estimate of drug-likeness (QED) is 0.0425. The number of nitrogens with zero attached hydrogens (tertiary/aromatic N) is 1. The molecule has 65 heavy (non-hydrogen) atoms. The maximum atomic E-state index is 2.96. The van der Waals surface area contributed by atoms with Crippen LogP contribution in [0, 0.1) is 52.3 Å². The Morgan fingerprint density at radius 1 is 0.431 bits per heavy atom. The van der Waals surface area contributed by atoms with Crippen molar-refractivity contribution in [3.05, 3.63) is 0 Å². The third-order valence-electron chi connectivity index (χ3n) is 20.7. The average Bonchev–Trinajstić information content (AvgIpc) is 3.65. The molecular weight excluding hydrogens is 783 g/mol. The molecule has 0 aliphatic heterocycles. The predicted octanol–water partition coefficient (Wildman–Crippen LogP) is 21.4. The molecule has 0 aromatic carbocycles. The van der Waals surface area contributed by atoms with E-state index in [1.54, 1.807) is 44.9 Å². The van der Waals surface area contributed by atoms with Crippen LogP contribution in [-0.4, -0.2) is 30.7 Å². The maximum absolute atomic E-state index is 2.96. The van der Waals surface area contributed by atoms with E-state index in [4.69, 9.17) is 0 Å². The first-order chi connectivity index (χ1) is 31.6. The number of unbranched alkanes of at least 4 members (excludes halogenated alkanes) is 30. The van der Waals surface area contributed by atoms with Crippen LogP contribution in [0.3, 0.4) is 0 Å². The summed E-state index contributed by atoms with van der Waals surface area (Å²) in [5.74, 6) is 6.79. The zero-order chi connectivity index (χ0) is 46.6. The fourth-order valence-corrected chi connectivity index (χ4v) is 16.8. The van der Waals surface area contributed by atoms with Gasteiger partial charge in [0, 0.05) is 11.8 Å². The summed E-state index contributed by atoms with van der Waals surface area (Å²) in [6.07, 6.45) is 65.6. The second kappa shape index (κ2) is 32.8. The number of quaternary nitrogens is 1. The molecule has 0 spiro atoms. The second-order valence-corrected chi connectivity index (χ2v) is 26.0. The van der Waals surface area contributed by atoms with Gasteiger partial charge < -0.3 is 4.48 Å². The standard InChI is InChI=1S/C64H124N/c1-9-11-13-15-17-19-21-23-25-27-29-31-33-35-37-39-53-65(8,54-40-38-36-34-32-30-28-26-24-22-20-18-16-14-12-10-2)62-46-42-45-57-47-48-58-60-50-49-59(56(5)44-41-43-55(3)4)63(60,6)52-51-61(58)64(57,62)7/h55-62H,9-54H2,1-8H3/q+1/t56-,57?,58+,59-,60+,61+,62?,63-,64+/m1/s1. The Labute approximate surface area is 412 Å². The first-order valence-corrected chi connectivity index (χ1v) is 31.5. The van der Waals surface area contributed by atoms with Crippen molar-refractivity contribution >= 4 is 0 Å². The van der Waals surface area contributed by atoms with Gasteiger partial charge in [0.05, 0.1) is 26.2 Å². The summed E-state index contributed by atoms with van der Waals surface area (Å²) in [4.78, 5) is 0. The molecule has 9 atom stereocenters. The Morgan fingerprint density at radius 3 is 1.29 bits per heavy atom. The van der Waals surface area contributed by atoms with Gasteiger partial charge in [-0.05, 0) is 124 Å². The van der Waals surface area contributed by atoms with E-state index < -0.39 is 0 Å². The number of hydrogen-bond acceptors (Lipinski definition) is 0. The minimum atomic E-state index is 0.558. The third-order valence-corrected chi connectivity index (χ3v) is 20.7. The van der Waals surface area contributed by atoms with Crippen LogP contribution in [0.2, 0.25) is 0 Å². The smallest absolute Gasteiger partial charge is 0.0947 e. The van der Waals surface area contributed by atoms with E-state index in [1.165, 1.54) is 255 Å². The lowest BCUT2D eigenvalue weighted by Gasteiger charge is -2.65. The Kier molecular flexibility index (Phi) is 29.0. The fraction of sp³-hybridized carbons (Fsp3) is 1.00. The molecule has 1 heteroatoms. The van der Waals surface area contributed by atoms with E-state index in [0.29, 0.717) is 10.8 Å². The molecule has 2 unspecified atom stereocenters. The van der Waals surface area contributed by atoms with Crippen molar-refractivity contribution in [3.63, 3.8) is 0 Å². The third kappa shape index (κ3) is 18.9. The van der Waals surface area contributed by atoms with Crippen molar-refractivity contribution in [1.29, 1.82) is 0 Å². The molecule has 0 radical (unpaired) electrons. The van der Waals surface area contributed by atoms with Crippen LogP contribution in [-0.2, 0) is 0 Å². The Bertz CT molecular complexity index is 1100. The Morgan fingerprint density at radius 2 is 0.862 bits per heavy atom. The van der Waals surface area contributed by atoms with Crippen LogP contribution in [0.25, 0.3) is 0 Å². The van der Waals surface area contributed by atoms with E-state index in [2.05, 4.69) is 55.5 Å². The minimum Gasteiger partial charge on any atom is -0.323 e. The van der Waals surface area contributed by atoms with Crippen molar-refractivity contribution in [2.45, 2.75) is 337 Å². The predicted molar refractivity (Wildman–Crippen MR) is 292 cm³/mol. The van der Waals surface area contributed by atoms with Crippen LogP contribution < -0.4 is 0 Å². The number of rotatable bonds is 40. The van der Waals surface area contributed by atoms with E-state index in [0.717, 1.165) is 47.5 Å². The van der Waals surface area contributed by atoms with Gasteiger partial charge in [0.15, 0.2) is 0 Å². The minimum absolute atomic E-state index is 0.558. The zero-order valence-corrected chi connectivity index (χ0v) is 46.6. The van der Waals surface area contributed by atoms with Crippen LogP contribution in [0.4, 0.5) is 0 Å². The summed E-state index contributed by atoms with van der Waals surface area (Å²) < 4.78 is 1.44. The van der Waals surface area contributed by atoms with Gasteiger partial charge in [0.2, 0.25) is 0 Å². The summed E-state index contributed by atoms with van der Waals surface area (Å²) >= 11 is 0. The maximum Gasteiger partial charge on any atom is 0.0947 e. The van der Waals surface area contributed by atoms with Crippen LogP contribution in [0.1, 0.15) is 331 Å². The number of fused-ring (bicyclic) bond motifs is 5. The highest BCUT2D eigenvalue weighted by molar-refractivity contribution is 5.11. The Hall–Kier alpha value is -0.0400. The van der Waals surface area contributed by atoms with E-state index in [1.807, 2.05) is 0 Å². The van der Waals surface area contributed by atoms with Crippen LogP contribution in [0.15, 0.2) is 0 Å². The van der Waals surface area contributed by atoms with Gasteiger partial charge in [-0.25, -0.2) is 0 Å². The summed E-state index contributed by atoms with van der Waals surface area (Å²) in [6, 6.07) is 0.901. The molecule has 0 saturated heterocycles. The van der Waals surface area contributed by atoms with Crippen molar-refractivity contribution in [2.75, 3.05) is 20.1 Å². The molecule has 0 amide bonds. The summed E-state index contributed by atoms with van der Waals surface area (Å²) in [5, 5.41) is 0. The summed E-state index contributed by atoms with van der Waals surface area (Å²) in [6.45, 7) is 20.9. The van der Waals surface area contributed by atoms with Crippen molar-refractivity contribution in [3.8, 4) is 0 Å². The average molecular weight is 908 g/mol. The highest BCUT2D eigenvalue weighted by Crippen LogP contribution is 2.69. The highest BCUT2D eigenvalue weighted by Gasteiger charge is 2.64. The monoisotopic (exact) mass is 907 g/mol. The lowest BCUT2D eigenvalue weighted by molar-refractivity contribution is -0.944. The number of hydrogen-bond donors (Lipinski definition) is 0. The topological polar surface area (TPSA) is 0 Å². The van der Waals surface area contributed by atoms with E-state index in [9.17, 15) is 0 Å². The first-order valence-electron chi connectivity index (χ1n) is 31.5. The van der Waals surface area contributed by atoms with Gasteiger partial charge in [-0.3, -0.25) is 0 Å². The van der Waals surface area contributed by atoms with Crippen molar-refractivity contribution in [1.82, 2.24) is 0 Å². The summed E-state index contributed by atoms with van der Waals surface area (Å²) in [5.41, 5.74) is 1.17. The van der Waals surface area contributed by atoms with Gasteiger partial charge in [-0.2, -0.15) is 0 Å². The van der Waals surface area contributed by atoms with E-state index >= 15 is 0 Å². The molecule has 0 aromatic heterocycles. The molecule has 384 valence electrons. The molecule has 0 N–H and O–H groups in total. The Balaban J connectivity index is 1.27. The second-order valence-electron chi connectivity index (χ2n) is 26.0. The molecule has 4 aliphatic carbocycles. The first kappa shape index (κ1) is 57.5. The normalized spacial score (nSPS) is 28.4. The lowest BCUT2D eigenvalue weighted by Crippen LogP contribution is -2.67. The van der Waals surface area contributed by atoms with E-state index in [-0.39, 0.29) is 0 Å². The fourth-order valence-electron chi connectivity index (χ4n) is 16.8. The molecule has 4 aliphatic rings. The van der Waals surface area contributed by atoms with Crippen molar-refractivity contribution in [2.24, 2.45) is 52.3 Å². The van der Waals surface area contributed by atoms with Gasteiger partial charge >= 0.3 is 0 Å². The molecule has 0 aromatic rings. The summed E-state index contributed by atoms with van der Waals surface area (Å²) in [7, 11) is 2.84. The van der Waals surface area contributed by atoms with Crippen LogP contribution in [0.5, 0.6) is 0 Å². The van der Waals surface area contributed by atoms with Crippen LogP contribution >= 0.6 is 0 Å². The lowest BCUT2D eigenvalue weighted by atomic mass is 9.43. The molecule has 4 rings (SSSR count). The van der Waals surface area contributed by atoms with Crippen molar-refractivity contribution < 1.29 is 4.48 Å². The van der Waals surface area contributed by atoms with Gasteiger partial charge in [-0.15, -0.1) is 0 Å². The zero-order valence-electron chi connectivity index (χ0n) is 46.6.